The van der Waals surface area contributed by atoms with Gasteiger partial charge in [-0.15, -0.1) is 0 Å². The third-order valence-electron chi connectivity index (χ3n) is 2.63. The third kappa shape index (κ3) is 2.22. The van der Waals surface area contributed by atoms with Crippen LogP contribution in [0.25, 0.3) is 0 Å². The fraction of sp³-hybridized carbons (Fsp3) is 0.364. The van der Waals surface area contributed by atoms with Gasteiger partial charge in [0.05, 0.1) is 15.7 Å². The first-order chi connectivity index (χ1) is 7.63. The second kappa shape index (κ2) is 4.94. The molecule has 0 bridgehead atoms. The van der Waals surface area contributed by atoms with Gasteiger partial charge in [0.1, 0.15) is 0 Å². The molecule has 2 rings (SSSR count). The first kappa shape index (κ1) is 12.2. The molecule has 1 atom stereocenters. The van der Waals surface area contributed by atoms with Gasteiger partial charge in [-0.25, -0.2) is 0 Å². The van der Waals surface area contributed by atoms with Crippen LogP contribution < -0.4 is 4.90 Å². The van der Waals surface area contributed by atoms with E-state index in [9.17, 15) is 4.79 Å². The highest BCUT2D eigenvalue weighted by molar-refractivity contribution is 9.09. The fourth-order valence-corrected chi connectivity index (χ4v) is 2.88. The van der Waals surface area contributed by atoms with Gasteiger partial charge in [0.25, 0.3) is 0 Å². The monoisotopic (exact) mass is 321 g/mol. The van der Waals surface area contributed by atoms with Crippen LogP contribution in [0.2, 0.25) is 10.0 Å². The molecule has 0 saturated carbocycles. The Kier molecular flexibility index (Phi) is 3.77. The molecule has 0 aliphatic carbocycles. The predicted molar refractivity (Wildman–Crippen MR) is 70.7 cm³/mol. The second-order valence-corrected chi connectivity index (χ2v) is 5.26. The average Bonchev–Trinajstić information content (AvgIpc) is 2.60. The number of carbonyl (C=O) groups is 1. The number of nitrogens with zero attached hydrogens (tertiary/aromatic N) is 1. The number of hydrogen-bond acceptors (Lipinski definition) is 1. The molecule has 16 heavy (non-hydrogen) atoms. The molecule has 0 radical (unpaired) electrons. The Morgan fingerprint density at radius 2 is 2.00 bits per heavy atom. The number of anilines is 1. The molecular weight excluding hydrogens is 313 g/mol. The number of rotatable bonds is 2. The minimum absolute atomic E-state index is 0.0828. The van der Waals surface area contributed by atoms with Crippen LogP contribution in [0.5, 0.6) is 0 Å². The molecular formula is C11H10BrCl2NO. The molecule has 0 N–H and O–H groups in total. The van der Waals surface area contributed by atoms with Crippen molar-refractivity contribution in [3.8, 4) is 0 Å². The van der Waals surface area contributed by atoms with E-state index in [1.807, 2.05) is 0 Å². The van der Waals surface area contributed by atoms with Crippen LogP contribution in [0.1, 0.15) is 6.42 Å². The molecule has 5 heteroatoms. The normalized spacial score (nSPS) is 20.6. The average molecular weight is 323 g/mol. The van der Waals surface area contributed by atoms with Crippen LogP contribution in [-0.4, -0.2) is 17.8 Å². The van der Waals surface area contributed by atoms with Crippen LogP contribution in [0.3, 0.4) is 0 Å². The minimum atomic E-state index is 0.0828. The van der Waals surface area contributed by atoms with Crippen molar-refractivity contribution in [1.29, 1.82) is 0 Å². The molecule has 2 nitrogen and oxygen atoms in total. The summed E-state index contributed by atoms with van der Waals surface area (Å²) in [4.78, 5) is 13.5. The zero-order valence-electron chi connectivity index (χ0n) is 8.42. The largest absolute Gasteiger partial charge is 0.309 e. The SMILES string of the molecule is O=C1CC(CBr)CN1c1c(Cl)cccc1Cl. The van der Waals surface area contributed by atoms with Gasteiger partial charge in [-0.1, -0.05) is 45.2 Å². The summed E-state index contributed by atoms with van der Waals surface area (Å²) in [6, 6.07) is 5.27. The Morgan fingerprint density at radius 1 is 1.38 bits per heavy atom. The van der Waals surface area contributed by atoms with Crippen LogP contribution in [0.15, 0.2) is 18.2 Å². The molecule has 1 heterocycles. The molecule has 0 aromatic heterocycles. The standard InChI is InChI=1S/C11H10BrCl2NO/c12-5-7-4-10(16)15(6-7)11-8(13)2-1-3-9(11)14/h1-3,7H,4-6H2. The van der Waals surface area contributed by atoms with Crippen LogP contribution in [0.4, 0.5) is 5.69 Å². The number of halogens is 3. The Labute approximate surface area is 113 Å². The number of hydrogen-bond donors (Lipinski definition) is 0. The maximum absolute atomic E-state index is 11.8. The number of alkyl halides is 1. The van der Waals surface area contributed by atoms with Gasteiger partial charge in [-0.05, 0) is 18.1 Å². The zero-order chi connectivity index (χ0) is 11.7. The molecule has 0 spiro atoms. The second-order valence-electron chi connectivity index (χ2n) is 3.80. The number of benzene rings is 1. The lowest BCUT2D eigenvalue weighted by atomic mass is 10.2. The molecule has 1 aromatic carbocycles. The van der Waals surface area contributed by atoms with Crippen molar-refractivity contribution in [3.05, 3.63) is 28.2 Å². The Morgan fingerprint density at radius 3 is 2.50 bits per heavy atom. The number of carbonyl (C=O) groups excluding carboxylic acids is 1. The summed E-state index contributed by atoms with van der Waals surface area (Å²) in [5.74, 6) is 0.416. The van der Waals surface area contributed by atoms with Crippen molar-refractivity contribution in [2.75, 3.05) is 16.8 Å². The smallest absolute Gasteiger partial charge is 0.227 e. The highest BCUT2D eigenvalue weighted by Gasteiger charge is 2.31. The summed E-state index contributed by atoms with van der Waals surface area (Å²) in [6.07, 6.45) is 0.548. The molecule has 1 aliphatic rings. The van der Waals surface area contributed by atoms with Crippen LogP contribution in [0, 0.1) is 5.92 Å². The van der Waals surface area contributed by atoms with Gasteiger partial charge in [-0.2, -0.15) is 0 Å². The molecule has 1 fully saturated rings. The van der Waals surface area contributed by atoms with Crippen molar-refractivity contribution < 1.29 is 4.79 Å². The lowest BCUT2D eigenvalue weighted by Crippen LogP contribution is -2.25. The summed E-state index contributed by atoms with van der Waals surface area (Å²) < 4.78 is 0. The van der Waals surface area contributed by atoms with Crippen LogP contribution in [-0.2, 0) is 4.79 Å². The van der Waals surface area contributed by atoms with E-state index < -0.39 is 0 Å². The van der Waals surface area contributed by atoms with Crippen LogP contribution >= 0.6 is 39.1 Å². The van der Waals surface area contributed by atoms with E-state index in [2.05, 4.69) is 15.9 Å². The van der Waals surface area contributed by atoms with E-state index in [1.165, 1.54) is 0 Å². The van der Waals surface area contributed by atoms with E-state index in [1.54, 1.807) is 23.1 Å². The Balaban J connectivity index is 2.35. The lowest BCUT2D eigenvalue weighted by molar-refractivity contribution is -0.117. The Hall–Kier alpha value is -0.250. The topological polar surface area (TPSA) is 20.3 Å². The maximum atomic E-state index is 11.8. The molecule has 1 saturated heterocycles. The third-order valence-corrected chi connectivity index (χ3v) is 4.16. The van der Waals surface area contributed by atoms with Gasteiger partial charge < -0.3 is 4.90 Å². The lowest BCUT2D eigenvalue weighted by Gasteiger charge is -2.19. The van der Waals surface area contributed by atoms with Gasteiger partial charge >= 0.3 is 0 Å². The highest BCUT2D eigenvalue weighted by Crippen LogP contribution is 2.37. The summed E-state index contributed by atoms with van der Waals surface area (Å²) >= 11 is 15.5. The summed E-state index contributed by atoms with van der Waals surface area (Å²) in [6.45, 7) is 0.674. The quantitative estimate of drug-likeness (QED) is 0.759. The first-order valence-electron chi connectivity index (χ1n) is 4.94. The van der Waals surface area contributed by atoms with Gasteiger partial charge in [0.2, 0.25) is 5.91 Å². The predicted octanol–water partition coefficient (Wildman–Crippen LogP) is 3.74. The molecule has 1 amide bonds. The maximum Gasteiger partial charge on any atom is 0.227 e. The minimum Gasteiger partial charge on any atom is -0.309 e. The molecule has 1 aromatic rings. The van der Waals surface area contributed by atoms with Gasteiger partial charge in [0, 0.05) is 18.3 Å². The fourth-order valence-electron chi connectivity index (χ4n) is 1.85. The van der Waals surface area contributed by atoms with E-state index in [4.69, 9.17) is 23.2 Å². The molecule has 1 aliphatic heterocycles. The van der Waals surface area contributed by atoms with Gasteiger partial charge in [0.15, 0.2) is 0 Å². The number of para-hydroxylation sites is 1. The van der Waals surface area contributed by atoms with Crippen molar-refractivity contribution in [3.63, 3.8) is 0 Å². The van der Waals surface area contributed by atoms with Crippen molar-refractivity contribution >= 4 is 50.7 Å². The van der Waals surface area contributed by atoms with Crippen molar-refractivity contribution in [2.24, 2.45) is 5.92 Å². The first-order valence-corrected chi connectivity index (χ1v) is 6.81. The van der Waals surface area contributed by atoms with E-state index in [0.717, 1.165) is 5.33 Å². The summed E-state index contributed by atoms with van der Waals surface area (Å²) in [5.41, 5.74) is 0.638. The van der Waals surface area contributed by atoms with E-state index >= 15 is 0 Å². The van der Waals surface area contributed by atoms with Gasteiger partial charge in [-0.3, -0.25) is 4.79 Å². The van der Waals surface area contributed by atoms with Crippen molar-refractivity contribution in [1.82, 2.24) is 0 Å². The Bertz CT molecular complexity index is 404. The van der Waals surface area contributed by atoms with E-state index in [0.29, 0.717) is 34.6 Å². The van der Waals surface area contributed by atoms with Crippen molar-refractivity contribution in [2.45, 2.75) is 6.42 Å². The number of amides is 1. The molecule has 1 unspecified atom stereocenters. The summed E-state index contributed by atoms with van der Waals surface area (Å²) in [7, 11) is 0. The zero-order valence-corrected chi connectivity index (χ0v) is 11.5. The summed E-state index contributed by atoms with van der Waals surface area (Å²) in [5, 5.41) is 1.87. The highest BCUT2D eigenvalue weighted by atomic mass is 79.9. The van der Waals surface area contributed by atoms with E-state index in [-0.39, 0.29) is 5.91 Å². The molecule has 86 valence electrons.